The van der Waals surface area contributed by atoms with Gasteiger partial charge < -0.3 is 0 Å². The molecule has 0 aliphatic heterocycles. The Morgan fingerprint density at radius 3 is 1.06 bits per heavy atom. The minimum absolute atomic E-state index is 0.803. The van der Waals surface area contributed by atoms with Gasteiger partial charge in [0.25, 0.3) is 0 Å². The summed E-state index contributed by atoms with van der Waals surface area (Å²) in [5.74, 6) is 0. The molecule has 4 rings (SSSR count). The highest BCUT2D eigenvalue weighted by molar-refractivity contribution is 5.72. The van der Waals surface area contributed by atoms with Crippen molar-refractivity contribution < 1.29 is 9.26 Å². The van der Waals surface area contributed by atoms with Gasteiger partial charge in [0.1, 0.15) is 22.1 Å². The van der Waals surface area contributed by atoms with Gasteiger partial charge in [-0.2, -0.15) is 0 Å². The lowest BCUT2D eigenvalue weighted by molar-refractivity contribution is 0.315. The molecular weight excluding hydrogens is 232 g/mol. The van der Waals surface area contributed by atoms with Gasteiger partial charge in [0.05, 0.1) is 0 Å². The van der Waals surface area contributed by atoms with Gasteiger partial charge in [-0.25, -0.2) is 9.26 Å². The lowest BCUT2D eigenvalue weighted by atomic mass is 10.3. The van der Waals surface area contributed by atoms with Gasteiger partial charge in [0.15, 0.2) is 0 Å². The van der Waals surface area contributed by atoms with Crippen LogP contribution in [-0.2, 0) is 0 Å². The van der Waals surface area contributed by atoms with Crippen LogP contribution in [0, 0.1) is 0 Å². The molecule has 0 bridgehead atoms. The van der Waals surface area contributed by atoms with Crippen molar-refractivity contribution in [3.05, 3.63) is 48.5 Å². The molecule has 0 amide bonds. The second-order valence-corrected chi connectivity index (χ2v) is 3.51. The minimum Gasteiger partial charge on any atom is -0.243 e. The van der Waals surface area contributed by atoms with Gasteiger partial charge in [-0.1, -0.05) is 24.3 Å². The topological polar surface area (TPSA) is 77.8 Å². The SMILES string of the molecule is c1ccc2nonc2c1.c1ccc2nonc2c1. The highest BCUT2D eigenvalue weighted by Gasteiger charge is 1.94. The van der Waals surface area contributed by atoms with Gasteiger partial charge >= 0.3 is 0 Å². The van der Waals surface area contributed by atoms with Crippen LogP contribution >= 0.6 is 0 Å². The van der Waals surface area contributed by atoms with Gasteiger partial charge in [-0.15, -0.1) is 0 Å². The van der Waals surface area contributed by atoms with Crippen LogP contribution in [0.1, 0.15) is 0 Å². The standard InChI is InChI=1S/2C6H4N2O/c2*1-2-4-6-5(3-1)7-9-8-6/h2*1-4H. The first-order valence-corrected chi connectivity index (χ1v) is 5.28. The summed E-state index contributed by atoms with van der Waals surface area (Å²) in [6.07, 6.45) is 0. The third kappa shape index (κ3) is 2.03. The summed E-state index contributed by atoms with van der Waals surface area (Å²) in [7, 11) is 0. The number of rotatable bonds is 0. The quantitative estimate of drug-likeness (QED) is 0.469. The van der Waals surface area contributed by atoms with Crippen LogP contribution < -0.4 is 0 Å². The van der Waals surface area contributed by atoms with Crippen molar-refractivity contribution in [2.24, 2.45) is 0 Å². The number of aromatic nitrogens is 4. The fourth-order valence-electron chi connectivity index (χ4n) is 1.45. The van der Waals surface area contributed by atoms with Crippen molar-refractivity contribution in [3.63, 3.8) is 0 Å². The lowest BCUT2D eigenvalue weighted by Gasteiger charge is -1.76. The monoisotopic (exact) mass is 240 g/mol. The summed E-state index contributed by atoms with van der Waals surface area (Å²) < 4.78 is 8.93. The summed E-state index contributed by atoms with van der Waals surface area (Å²) in [5, 5.41) is 14.5. The highest BCUT2D eigenvalue weighted by atomic mass is 16.6. The second kappa shape index (κ2) is 4.62. The Morgan fingerprint density at radius 1 is 0.500 bits per heavy atom. The van der Waals surface area contributed by atoms with E-state index in [-0.39, 0.29) is 0 Å². The van der Waals surface area contributed by atoms with E-state index in [1.165, 1.54) is 0 Å². The Bertz CT molecular complexity index is 636. The van der Waals surface area contributed by atoms with E-state index in [1.807, 2.05) is 48.5 Å². The fourth-order valence-corrected chi connectivity index (χ4v) is 1.45. The van der Waals surface area contributed by atoms with Gasteiger partial charge in [-0.3, -0.25) is 0 Å². The molecule has 0 unspecified atom stereocenters. The van der Waals surface area contributed by atoms with Crippen LogP contribution in [0.15, 0.2) is 57.8 Å². The maximum Gasteiger partial charge on any atom is 0.135 e. The van der Waals surface area contributed by atoms with E-state index in [9.17, 15) is 0 Å². The van der Waals surface area contributed by atoms with Crippen LogP contribution in [0.2, 0.25) is 0 Å². The Hall–Kier alpha value is -2.76. The molecule has 0 aliphatic rings. The summed E-state index contributed by atoms with van der Waals surface area (Å²) in [5.41, 5.74) is 3.21. The summed E-state index contributed by atoms with van der Waals surface area (Å²) in [4.78, 5) is 0. The number of nitrogens with zero attached hydrogens (tertiary/aromatic N) is 4. The molecule has 2 aromatic carbocycles. The molecule has 2 heterocycles. The highest BCUT2D eigenvalue weighted by Crippen LogP contribution is 2.06. The Morgan fingerprint density at radius 2 is 0.778 bits per heavy atom. The predicted molar refractivity (Wildman–Crippen MR) is 63.6 cm³/mol. The maximum atomic E-state index is 4.46. The maximum absolute atomic E-state index is 4.46. The molecule has 6 heteroatoms. The number of hydrogen-bond acceptors (Lipinski definition) is 6. The molecule has 0 spiro atoms. The Balaban J connectivity index is 0.000000111. The fraction of sp³-hybridized carbons (Fsp3) is 0. The third-order valence-corrected chi connectivity index (χ3v) is 2.32. The van der Waals surface area contributed by atoms with E-state index in [4.69, 9.17) is 0 Å². The molecule has 18 heavy (non-hydrogen) atoms. The van der Waals surface area contributed by atoms with Crippen LogP contribution in [-0.4, -0.2) is 20.6 Å². The number of fused-ring (bicyclic) bond motifs is 2. The predicted octanol–water partition coefficient (Wildman–Crippen LogP) is 2.45. The van der Waals surface area contributed by atoms with Crippen molar-refractivity contribution in [2.45, 2.75) is 0 Å². The molecule has 0 N–H and O–H groups in total. The van der Waals surface area contributed by atoms with Crippen molar-refractivity contribution in [2.75, 3.05) is 0 Å². The largest absolute Gasteiger partial charge is 0.243 e. The van der Waals surface area contributed by atoms with Crippen LogP contribution in [0.25, 0.3) is 22.1 Å². The van der Waals surface area contributed by atoms with E-state index in [1.54, 1.807) is 0 Å². The molecule has 88 valence electrons. The van der Waals surface area contributed by atoms with E-state index in [2.05, 4.69) is 29.9 Å². The zero-order valence-electron chi connectivity index (χ0n) is 9.22. The van der Waals surface area contributed by atoms with Gasteiger partial charge in [-0.05, 0) is 44.9 Å². The van der Waals surface area contributed by atoms with Crippen molar-refractivity contribution in [1.29, 1.82) is 0 Å². The number of benzene rings is 2. The van der Waals surface area contributed by atoms with E-state index < -0.39 is 0 Å². The smallest absolute Gasteiger partial charge is 0.135 e. The lowest BCUT2D eigenvalue weighted by Crippen LogP contribution is -1.63. The molecule has 0 aliphatic carbocycles. The van der Waals surface area contributed by atoms with E-state index in [0.29, 0.717) is 0 Å². The molecule has 2 aromatic heterocycles. The molecule has 0 fully saturated rings. The normalized spacial score (nSPS) is 10.2. The Kier molecular flexibility index (Phi) is 2.67. The number of hydrogen-bond donors (Lipinski definition) is 0. The molecule has 0 radical (unpaired) electrons. The molecule has 0 saturated heterocycles. The molecular formula is C12H8N4O2. The molecule has 4 aromatic rings. The van der Waals surface area contributed by atoms with Crippen LogP contribution in [0.4, 0.5) is 0 Å². The van der Waals surface area contributed by atoms with Crippen LogP contribution in [0.5, 0.6) is 0 Å². The van der Waals surface area contributed by atoms with E-state index >= 15 is 0 Å². The first-order chi connectivity index (χ1) is 8.93. The van der Waals surface area contributed by atoms with Crippen LogP contribution in [0.3, 0.4) is 0 Å². The molecule has 0 atom stereocenters. The van der Waals surface area contributed by atoms with Crippen molar-refractivity contribution >= 4 is 22.1 Å². The zero-order valence-corrected chi connectivity index (χ0v) is 9.22. The minimum atomic E-state index is 0.803. The summed E-state index contributed by atoms with van der Waals surface area (Å²) in [6, 6.07) is 15.0. The Labute approximate surface area is 101 Å². The average Bonchev–Trinajstić information content (AvgIpc) is 3.08. The van der Waals surface area contributed by atoms with Gasteiger partial charge in [0, 0.05) is 0 Å². The van der Waals surface area contributed by atoms with E-state index in [0.717, 1.165) is 22.1 Å². The molecule has 0 saturated carbocycles. The second-order valence-electron chi connectivity index (χ2n) is 3.51. The zero-order chi connectivity index (χ0) is 12.2. The summed E-state index contributed by atoms with van der Waals surface area (Å²) in [6.45, 7) is 0. The van der Waals surface area contributed by atoms with Crippen molar-refractivity contribution in [3.8, 4) is 0 Å². The first kappa shape index (κ1) is 10.4. The van der Waals surface area contributed by atoms with Gasteiger partial charge in [0.2, 0.25) is 0 Å². The third-order valence-electron chi connectivity index (χ3n) is 2.32. The molecule has 6 nitrogen and oxygen atoms in total. The summed E-state index contributed by atoms with van der Waals surface area (Å²) >= 11 is 0. The van der Waals surface area contributed by atoms with Crippen molar-refractivity contribution in [1.82, 2.24) is 20.6 Å². The first-order valence-electron chi connectivity index (χ1n) is 5.28. The average molecular weight is 240 g/mol.